The molecule has 0 aromatic heterocycles. The van der Waals surface area contributed by atoms with Gasteiger partial charge in [-0.15, -0.1) is 0 Å². The molecule has 0 aromatic rings. The van der Waals surface area contributed by atoms with Gasteiger partial charge in [0.1, 0.15) is 0 Å². The topological polar surface area (TPSA) is 110 Å². The van der Waals surface area contributed by atoms with Crippen molar-refractivity contribution in [3.05, 3.63) is 0 Å². The van der Waals surface area contributed by atoms with Crippen LogP contribution in [0, 0.1) is 5.92 Å². The Balaban J connectivity index is 2.78. The number of aliphatic carboxylic acids is 1. The number of rotatable bonds is 7. The number of ether oxygens (including phenoxy) is 1. The molecule has 1 aliphatic rings. The average molecular weight is 375 g/mol. The molecular formula is C13H20F3NO6S. The normalized spacial score (nSPS) is 23.5. The molecule has 140 valence electrons. The molecule has 0 amide bonds. The van der Waals surface area contributed by atoms with Gasteiger partial charge >= 0.3 is 18.1 Å². The zero-order chi connectivity index (χ0) is 18.5. The van der Waals surface area contributed by atoms with E-state index >= 15 is 0 Å². The number of carbonyl (C=O) groups excluding carboxylic acids is 1. The predicted octanol–water partition coefficient (Wildman–Crippen LogP) is 1.43. The predicted molar refractivity (Wildman–Crippen MR) is 76.5 cm³/mol. The molecule has 0 spiro atoms. The summed E-state index contributed by atoms with van der Waals surface area (Å²) < 4.78 is 69.5. The van der Waals surface area contributed by atoms with Crippen LogP contribution in [0.15, 0.2) is 0 Å². The monoisotopic (exact) mass is 375 g/mol. The van der Waals surface area contributed by atoms with Crippen LogP contribution < -0.4 is 4.72 Å². The average Bonchev–Trinajstić information content (AvgIpc) is 2.44. The number of alkyl halides is 3. The molecule has 0 heterocycles. The Hall–Kier alpha value is -1.36. The van der Waals surface area contributed by atoms with E-state index in [4.69, 9.17) is 5.11 Å². The molecular weight excluding hydrogens is 355 g/mol. The lowest BCUT2D eigenvalue weighted by atomic mass is 9.87. The Bertz CT molecular complexity index is 555. The van der Waals surface area contributed by atoms with Crippen molar-refractivity contribution in [1.29, 1.82) is 0 Å². The molecule has 0 bridgehead atoms. The number of hydrogen-bond donors (Lipinski definition) is 2. The molecule has 24 heavy (non-hydrogen) atoms. The maximum absolute atomic E-state index is 13.0. The fourth-order valence-corrected chi connectivity index (χ4v) is 4.12. The van der Waals surface area contributed by atoms with E-state index in [0.29, 0.717) is 0 Å². The van der Waals surface area contributed by atoms with Crippen LogP contribution >= 0.6 is 0 Å². The van der Waals surface area contributed by atoms with Crippen LogP contribution in [-0.2, 0) is 24.3 Å². The maximum Gasteiger partial charge on any atom is 0.407 e. The lowest BCUT2D eigenvalue weighted by Gasteiger charge is -2.29. The second-order valence-corrected chi connectivity index (χ2v) is 7.48. The third-order valence-electron chi connectivity index (χ3n) is 3.80. The third kappa shape index (κ3) is 5.93. The molecule has 1 fully saturated rings. The lowest BCUT2D eigenvalue weighted by Crippen LogP contribution is -2.49. The second kappa shape index (κ2) is 8.15. The van der Waals surface area contributed by atoms with E-state index in [0.717, 1.165) is 0 Å². The third-order valence-corrected chi connectivity index (χ3v) is 5.65. The number of sulfonamides is 1. The van der Waals surface area contributed by atoms with Gasteiger partial charge in [0.15, 0.2) is 5.25 Å². The van der Waals surface area contributed by atoms with Crippen LogP contribution in [0.25, 0.3) is 0 Å². The molecule has 1 saturated carbocycles. The standard InChI is InChI=1S/C13H20F3NO6S/c1-2-23-11(18)7-10(13(14,15)16)24(21,22)17-9-5-3-8(4-6-9)12(19)20/h8-10,17H,2-7H2,1H3,(H,19,20). The van der Waals surface area contributed by atoms with E-state index in [1.165, 1.54) is 6.92 Å². The van der Waals surface area contributed by atoms with Crippen molar-refractivity contribution < 1.29 is 41.0 Å². The first kappa shape index (κ1) is 20.7. The highest BCUT2D eigenvalue weighted by atomic mass is 32.2. The van der Waals surface area contributed by atoms with Crippen molar-refractivity contribution >= 4 is 22.0 Å². The van der Waals surface area contributed by atoms with Gasteiger partial charge < -0.3 is 9.84 Å². The molecule has 0 radical (unpaired) electrons. The number of esters is 1. The first-order valence-corrected chi connectivity index (χ1v) is 8.98. The molecule has 2 N–H and O–H groups in total. The Morgan fingerprint density at radius 3 is 2.21 bits per heavy atom. The van der Waals surface area contributed by atoms with Crippen molar-refractivity contribution in [1.82, 2.24) is 4.72 Å². The quantitative estimate of drug-likeness (QED) is 0.652. The SMILES string of the molecule is CCOC(=O)CC(C(F)(F)F)S(=O)(=O)NC1CCC(C(=O)O)CC1. The Morgan fingerprint density at radius 2 is 1.79 bits per heavy atom. The molecule has 1 rings (SSSR count). The number of hydrogen-bond acceptors (Lipinski definition) is 5. The number of carboxylic acids is 1. The van der Waals surface area contributed by atoms with Gasteiger partial charge in [0.05, 0.1) is 18.9 Å². The largest absolute Gasteiger partial charge is 0.481 e. The highest BCUT2D eigenvalue weighted by Gasteiger charge is 2.50. The fourth-order valence-electron chi connectivity index (χ4n) is 2.55. The summed E-state index contributed by atoms with van der Waals surface area (Å²) in [5, 5.41) is 5.96. The van der Waals surface area contributed by atoms with E-state index in [9.17, 15) is 31.2 Å². The molecule has 11 heteroatoms. The minimum Gasteiger partial charge on any atom is -0.481 e. The van der Waals surface area contributed by atoms with Gasteiger partial charge in [-0.05, 0) is 32.6 Å². The minimum atomic E-state index is -5.13. The van der Waals surface area contributed by atoms with Crippen LogP contribution in [0.4, 0.5) is 13.2 Å². The van der Waals surface area contributed by atoms with E-state index in [-0.39, 0.29) is 32.3 Å². The van der Waals surface area contributed by atoms with Gasteiger partial charge in [0.25, 0.3) is 0 Å². The molecule has 7 nitrogen and oxygen atoms in total. The number of nitrogens with one attached hydrogen (secondary N) is 1. The van der Waals surface area contributed by atoms with Gasteiger partial charge in [-0.2, -0.15) is 13.2 Å². The van der Waals surface area contributed by atoms with Crippen LogP contribution in [-0.4, -0.2) is 49.5 Å². The van der Waals surface area contributed by atoms with Gasteiger partial charge in [-0.3, -0.25) is 9.59 Å². The first-order valence-electron chi connectivity index (χ1n) is 7.43. The summed E-state index contributed by atoms with van der Waals surface area (Å²) in [7, 11) is -4.85. The lowest BCUT2D eigenvalue weighted by molar-refractivity contribution is -0.155. The summed E-state index contributed by atoms with van der Waals surface area (Å²) in [6, 6.07) is -0.780. The van der Waals surface area contributed by atoms with Gasteiger partial charge in [0.2, 0.25) is 10.0 Å². The Kier molecular flexibility index (Phi) is 7.02. The summed E-state index contributed by atoms with van der Waals surface area (Å²) in [5.41, 5.74) is 0. The number of carbonyl (C=O) groups is 2. The highest BCUT2D eigenvalue weighted by Crippen LogP contribution is 2.30. The number of carboxylic acid groups (broad SMARTS) is 1. The van der Waals surface area contributed by atoms with Crippen LogP contribution in [0.5, 0.6) is 0 Å². The van der Waals surface area contributed by atoms with E-state index in [2.05, 4.69) is 4.74 Å². The van der Waals surface area contributed by atoms with Crippen molar-refractivity contribution in [2.75, 3.05) is 6.61 Å². The molecule has 0 aliphatic heterocycles. The van der Waals surface area contributed by atoms with Crippen molar-refractivity contribution in [3.63, 3.8) is 0 Å². The van der Waals surface area contributed by atoms with Crippen LogP contribution in [0.1, 0.15) is 39.0 Å². The van der Waals surface area contributed by atoms with E-state index in [1.807, 2.05) is 4.72 Å². The van der Waals surface area contributed by atoms with Crippen LogP contribution in [0.3, 0.4) is 0 Å². The van der Waals surface area contributed by atoms with Gasteiger partial charge in [-0.1, -0.05) is 0 Å². The summed E-state index contributed by atoms with van der Waals surface area (Å²) in [5.74, 6) is -2.88. The molecule has 0 saturated heterocycles. The summed E-state index contributed by atoms with van der Waals surface area (Å²) in [4.78, 5) is 22.1. The molecule has 1 unspecified atom stereocenters. The fraction of sp³-hybridized carbons (Fsp3) is 0.846. The Labute approximate surface area is 137 Å². The minimum absolute atomic E-state index is 0.125. The van der Waals surface area contributed by atoms with E-state index in [1.54, 1.807) is 0 Å². The smallest absolute Gasteiger partial charge is 0.407 e. The zero-order valence-corrected chi connectivity index (χ0v) is 13.8. The van der Waals surface area contributed by atoms with Gasteiger partial charge in [-0.25, -0.2) is 13.1 Å². The number of halogens is 3. The van der Waals surface area contributed by atoms with Crippen molar-refractivity contribution in [2.45, 2.75) is 56.5 Å². The summed E-state index contributed by atoms with van der Waals surface area (Å²) in [6.07, 6.45) is -5.84. The van der Waals surface area contributed by atoms with Crippen molar-refractivity contribution in [2.24, 2.45) is 5.92 Å². The van der Waals surface area contributed by atoms with Crippen LogP contribution in [0.2, 0.25) is 0 Å². The Morgan fingerprint density at radius 1 is 1.25 bits per heavy atom. The summed E-state index contributed by atoms with van der Waals surface area (Å²) in [6.45, 7) is 1.24. The van der Waals surface area contributed by atoms with Crippen molar-refractivity contribution in [3.8, 4) is 0 Å². The molecule has 1 aliphatic carbocycles. The maximum atomic E-state index is 13.0. The molecule has 0 aromatic carbocycles. The second-order valence-electron chi connectivity index (χ2n) is 5.59. The highest BCUT2D eigenvalue weighted by molar-refractivity contribution is 7.90. The van der Waals surface area contributed by atoms with E-state index < -0.39 is 51.8 Å². The summed E-state index contributed by atoms with van der Waals surface area (Å²) >= 11 is 0. The first-order chi connectivity index (χ1) is 11.0. The van der Waals surface area contributed by atoms with Gasteiger partial charge in [0, 0.05) is 6.04 Å². The molecule has 1 atom stereocenters. The zero-order valence-electron chi connectivity index (χ0n) is 13.0.